The van der Waals surface area contributed by atoms with E-state index in [4.69, 9.17) is 14.6 Å². The predicted octanol–water partition coefficient (Wildman–Crippen LogP) is -0.860. The van der Waals surface area contributed by atoms with E-state index >= 15 is 0 Å². The molecule has 2 heterocycles. The highest BCUT2D eigenvalue weighted by molar-refractivity contribution is 5.75. The second-order valence-electron chi connectivity index (χ2n) is 4.43. The van der Waals surface area contributed by atoms with Crippen LogP contribution in [-0.4, -0.2) is 65.8 Å². The minimum atomic E-state index is -2.15. The molecular weight excluding hydrogens is 247 g/mol. The second kappa shape index (κ2) is 4.96. The van der Waals surface area contributed by atoms with Crippen LogP contribution in [0.4, 0.5) is 9.18 Å². The fraction of sp³-hybridized carbons (Fsp3) is 0.900. The number of aliphatic hydroxyl groups is 2. The molecule has 0 aromatic rings. The zero-order valence-electron chi connectivity index (χ0n) is 10.0. The van der Waals surface area contributed by atoms with E-state index < -0.39 is 30.4 Å². The van der Waals surface area contributed by atoms with Gasteiger partial charge in [-0.2, -0.15) is 0 Å². The number of ether oxygens (including phenoxy) is 2. The highest BCUT2D eigenvalue weighted by Gasteiger charge is 2.54. The molecule has 2 aliphatic heterocycles. The molecule has 2 aliphatic rings. The summed E-state index contributed by atoms with van der Waals surface area (Å²) in [6.07, 6.45) is -2.72. The van der Waals surface area contributed by atoms with E-state index in [-0.39, 0.29) is 26.0 Å². The van der Waals surface area contributed by atoms with Crippen molar-refractivity contribution in [3.8, 4) is 0 Å². The Morgan fingerprint density at radius 1 is 1.72 bits per heavy atom. The van der Waals surface area contributed by atoms with Crippen LogP contribution in [-0.2, 0) is 9.47 Å². The number of nitrogens with one attached hydrogen (secondary N) is 1. The van der Waals surface area contributed by atoms with Gasteiger partial charge in [-0.3, -0.25) is 4.90 Å². The molecule has 8 heteroatoms. The van der Waals surface area contributed by atoms with E-state index in [0.717, 1.165) is 4.90 Å². The van der Waals surface area contributed by atoms with Crippen LogP contribution < -0.4 is 5.32 Å². The van der Waals surface area contributed by atoms with Gasteiger partial charge < -0.3 is 25.0 Å². The summed E-state index contributed by atoms with van der Waals surface area (Å²) >= 11 is 0. The summed E-state index contributed by atoms with van der Waals surface area (Å²) < 4.78 is 24.5. The van der Waals surface area contributed by atoms with Gasteiger partial charge in [-0.05, 0) is 0 Å². The quantitative estimate of drug-likeness (QED) is 0.617. The number of nitrogens with zero attached hydrogens (tertiary/aromatic N) is 1. The van der Waals surface area contributed by atoms with Gasteiger partial charge in [0.2, 0.25) is 0 Å². The largest absolute Gasteiger partial charge is 0.394 e. The lowest BCUT2D eigenvalue weighted by atomic mass is 10.1. The molecule has 2 fully saturated rings. The summed E-state index contributed by atoms with van der Waals surface area (Å²) in [6.45, 7) is -0.186. The van der Waals surface area contributed by atoms with E-state index in [1.54, 1.807) is 0 Å². The van der Waals surface area contributed by atoms with Crippen LogP contribution in [0.15, 0.2) is 0 Å². The van der Waals surface area contributed by atoms with Crippen LogP contribution in [0.3, 0.4) is 0 Å². The van der Waals surface area contributed by atoms with Crippen molar-refractivity contribution in [3.63, 3.8) is 0 Å². The molecule has 0 aromatic heterocycles. The molecule has 4 atom stereocenters. The van der Waals surface area contributed by atoms with Gasteiger partial charge in [0.05, 0.1) is 12.7 Å². The van der Waals surface area contributed by atoms with Gasteiger partial charge in [0.15, 0.2) is 6.23 Å². The Labute approximate surface area is 103 Å². The predicted molar refractivity (Wildman–Crippen MR) is 57.1 cm³/mol. The average Bonchev–Trinajstić information content (AvgIpc) is 2.68. The summed E-state index contributed by atoms with van der Waals surface area (Å²) in [6, 6.07) is -0.614. The van der Waals surface area contributed by atoms with Crippen LogP contribution in [0.1, 0.15) is 12.8 Å². The number of halogens is 1. The Bertz CT molecular complexity index is 331. The zero-order valence-corrected chi connectivity index (χ0v) is 10.0. The normalized spacial score (nSPS) is 41.0. The highest BCUT2D eigenvalue weighted by Crippen LogP contribution is 2.37. The SMILES string of the molecule is CO[C@@]1(F)C[C@@H](CO)OC1N1CCC(O)NC1=O. The minimum absolute atomic E-state index is 0.142. The molecule has 18 heavy (non-hydrogen) atoms. The number of hydrogen-bond donors (Lipinski definition) is 3. The van der Waals surface area contributed by atoms with Crippen molar-refractivity contribution in [2.75, 3.05) is 20.3 Å². The maximum atomic E-state index is 14.5. The summed E-state index contributed by atoms with van der Waals surface area (Å²) in [7, 11) is 1.19. The van der Waals surface area contributed by atoms with E-state index in [1.165, 1.54) is 7.11 Å². The highest BCUT2D eigenvalue weighted by atomic mass is 19.2. The topological polar surface area (TPSA) is 91.3 Å². The number of carbonyl (C=O) groups excluding carboxylic acids is 1. The van der Waals surface area contributed by atoms with E-state index in [0.29, 0.717) is 0 Å². The Morgan fingerprint density at radius 3 is 3.00 bits per heavy atom. The molecule has 0 aromatic carbocycles. The number of aliphatic hydroxyl groups excluding tert-OH is 2. The van der Waals surface area contributed by atoms with Crippen molar-refractivity contribution in [1.82, 2.24) is 10.2 Å². The third kappa shape index (κ3) is 2.28. The first-order valence-electron chi connectivity index (χ1n) is 5.75. The van der Waals surface area contributed by atoms with Gasteiger partial charge >= 0.3 is 6.03 Å². The summed E-state index contributed by atoms with van der Waals surface area (Å²) in [5, 5.41) is 20.6. The molecule has 0 saturated carbocycles. The standard InChI is InChI=1S/C10H17FN2O5/c1-17-10(11)4-6(5-14)18-8(10)13-3-2-7(15)12-9(13)16/h6-8,14-15H,2-5H2,1H3,(H,12,16)/t6-,7?,8?,10-/m0/s1. The van der Waals surface area contributed by atoms with Crippen LogP contribution in [0.5, 0.6) is 0 Å². The first-order chi connectivity index (χ1) is 8.50. The molecule has 2 unspecified atom stereocenters. The minimum Gasteiger partial charge on any atom is -0.394 e. The number of hydrogen-bond acceptors (Lipinski definition) is 5. The van der Waals surface area contributed by atoms with Crippen LogP contribution in [0.25, 0.3) is 0 Å². The van der Waals surface area contributed by atoms with Gasteiger partial charge in [-0.15, -0.1) is 0 Å². The Morgan fingerprint density at radius 2 is 2.44 bits per heavy atom. The van der Waals surface area contributed by atoms with Crippen molar-refractivity contribution in [2.45, 2.75) is 37.3 Å². The number of urea groups is 1. The molecule has 0 radical (unpaired) electrons. The molecule has 2 rings (SSSR count). The maximum Gasteiger partial charge on any atom is 0.321 e. The number of amides is 2. The van der Waals surface area contributed by atoms with Crippen LogP contribution in [0, 0.1) is 0 Å². The number of methoxy groups -OCH3 is 1. The van der Waals surface area contributed by atoms with Gasteiger partial charge in [0.25, 0.3) is 5.85 Å². The Kier molecular flexibility index (Phi) is 3.71. The lowest BCUT2D eigenvalue weighted by Gasteiger charge is -2.38. The molecular formula is C10H17FN2O5. The van der Waals surface area contributed by atoms with Crippen LogP contribution >= 0.6 is 0 Å². The second-order valence-corrected chi connectivity index (χ2v) is 4.43. The maximum absolute atomic E-state index is 14.5. The molecule has 104 valence electrons. The molecule has 0 aliphatic carbocycles. The van der Waals surface area contributed by atoms with Crippen LogP contribution in [0.2, 0.25) is 0 Å². The number of rotatable bonds is 3. The van der Waals surface area contributed by atoms with Crippen molar-refractivity contribution < 1.29 is 28.9 Å². The molecule has 7 nitrogen and oxygen atoms in total. The average molecular weight is 264 g/mol. The Balaban J connectivity index is 2.13. The van der Waals surface area contributed by atoms with E-state index in [9.17, 15) is 14.3 Å². The summed E-state index contributed by atoms with van der Waals surface area (Å²) in [5.74, 6) is -2.15. The molecule has 2 saturated heterocycles. The van der Waals surface area contributed by atoms with Gasteiger partial charge in [-0.25, -0.2) is 9.18 Å². The zero-order chi connectivity index (χ0) is 13.3. The summed E-state index contributed by atoms with van der Waals surface area (Å²) in [5.41, 5.74) is 0. The van der Waals surface area contributed by atoms with Gasteiger partial charge in [0, 0.05) is 26.5 Å². The molecule has 3 N–H and O–H groups in total. The van der Waals surface area contributed by atoms with Crippen molar-refractivity contribution in [1.29, 1.82) is 0 Å². The molecule has 0 bridgehead atoms. The summed E-state index contributed by atoms with van der Waals surface area (Å²) in [4.78, 5) is 12.8. The van der Waals surface area contributed by atoms with E-state index in [1.807, 2.05) is 0 Å². The molecule has 0 spiro atoms. The lowest BCUT2D eigenvalue weighted by Crippen LogP contribution is -2.59. The lowest BCUT2D eigenvalue weighted by molar-refractivity contribution is -0.201. The fourth-order valence-corrected chi connectivity index (χ4v) is 2.23. The first kappa shape index (κ1) is 13.5. The Hall–Kier alpha value is -0.960. The van der Waals surface area contributed by atoms with Crippen molar-refractivity contribution in [3.05, 3.63) is 0 Å². The van der Waals surface area contributed by atoms with Crippen molar-refractivity contribution in [2.24, 2.45) is 0 Å². The number of carbonyl (C=O) groups is 1. The molecule has 2 amide bonds. The van der Waals surface area contributed by atoms with E-state index in [2.05, 4.69) is 5.32 Å². The van der Waals surface area contributed by atoms with Gasteiger partial charge in [0.1, 0.15) is 6.23 Å². The fourth-order valence-electron chi connectivity index (χ4n) is 2.23. The number of alkyl halides is 1. The third-order valence-corrected chi connectivity index (χ3v) is 3.22. The first-order valence-corrected chi connectivity index (χ1v) is 5.75. The monoisotopic (exact) mass is 264 g/mol. The smallest absolute Gasteiger partial charge is 0.321 e. The van der Waals surface area contributed by atoms with Gasteiger partial charge in [-0.1, -0.05) is 0 Å². The third-order valence-electron chi connectivity index (χ3n) is 3.22. The van der Waals surface area contributed by atoms with Crippen molar-refractivity contribution >= 4 is 6.03 Å².